The topological polar surface area (TPSA) is 53.4 Å². The number of likely N-dealkylation sites (tertiary alicyclic amines) is 1. The van der Waals surface area contributed by atoms with Crippen molar-refractivity contribution in [2.75, 3.05) is 6.54 Å². The first-order valence-corrected chi connectivity index (χ1v) is 7.46. The van der Waals surface area contributed by atoms with Crippen LogP contribution < -0.4 is 0 Å². The molecule has 0 spiro atoms. The molecule has 0 aromatic carbocycles. The SMILES string of the molecule is CCCc1nc(CN2CCCC2CC(=O)O)cs1. The van der Waals surface area contributed by atoms with Crippen LogP contribution in [0.5, 0.6) is 0 Å². The van der Waals surface area contributed by atoms with Gasteiger partial charge in [0, 0.05) is 18.0 Å². The Kier molecular flexibility index (Phi) is 4.72. The van der Waals surface area contributed by atoms with Crippen LogP contribution in [0.4, 0.5) is 0 Å². The highest BCUT2D eigenvalue weighted by Crippen LogP contribution is 2.23. The van der Waals surface area contributed by atoms with Crippen molar-refractivity contribution in [1.29, 1.82) is 0 Å². The minimum absolute atomic E-state index is 0.193. The molecule has 1 atom stereocenters. The highest BCUT2D eigenvalue weighted by molar-refractivity contribution is 7.09. The Morgan fingerprint density at radius 2 is 2.50 bits per heavy atom. The molecular formula is C13H20N2O2S. The highest BCUT2D eigenvalue weighted by atomic mass is 32.1. The van der Waals surface area contributed by atoms with E-state index in [0.29, 0.717) is 0 Å². The summed E-state index contributed by atoms with van der Waals surface area (Å²) >= 11 is 1.72. The standard InChI is InChI=1S/C13H20N2O2S/c1-2-4-12-14-10(9-18-12)8-15-6-3-5-11(15)7-13(16)17/h9,11H,2-8H2,1H3,(H,16,17). The number of carboxylic acid groups (broad SMARTS) is 1. The van der Waals surface area contributed by atoms with E-state index in [9.17, 15) is 4.79 Å². The summed E-state index contributed by atoms with van der Waals surface area (Å²) < 4.78 is 0. The average Bonchev–Trinajstić information content (AvgIpc) is 2.90. The Balaban J connectivity index is 1.92. The first-order chi connectivity index (χ1) is 8.69. The molecule has 0 aliphatic carbocycles. The lowest BCUT2D eigenvalue weighted by Gasteiger charge is -2.21. The summed E-state index contributed by atoms with van der Waals surface area (Å²) in [6.45, 7) is 3.96. The van der Waals surface area contributed by atoms with Crippen LogP contribution in [0.15, 0.2) is 5.38 Å². The average molecular weight is 268 g/mol. The largest absolute Gasteiger partial charge is 0.481 e. The molecule has 2 rings (SSSR count). The molecular weight excluding hydrogens is 248 g/mol. The van der Waals surface area contributed by atoms with E-state index in [1.165, 1.54) is 5.01 Å². The van der Waals surface area contributed by atoms with Crippen LogP contribution in [0.25, 0.3) is 0 Å². The number of hydrogen-bond acceptors (Lipinski definition) is 4. The normalized spacial score (nSPS) is 20.4. The van der Waals surface area contributed by atoms with Gasteiger partial charge in [-0.25, -0.2) is 4.98 Å². The van der Waals surface area contributed by atoms with Crippen molar-refractivity contribution in [3.05, 3.63) is 16.1 Å². The summed E-state index contributed by atoms with van der Waals surface area (Å²) in [7, 11) is 0. The summed E-state index contributed by atoms with van der Waals surface area (Å²) in [5.41, 5.74) is 1.10. The lowest BCUT2D eigenvalue weighted by molar-refractivity contribution is -0.138. The minimum Gasteiger partial charge on any atom is -0.481 e. The number of aromatic nitrogens is 1. The third-order valence-corrected chi connectivity index (χ3v) is 4.29. The fourth-order valence-electron chi connectivity index (χ4n) is 2.49. The third kappa shape index (κ3) is 3.53. The number of rotatable bonds is 6. The number of nitrogens with zero attached hydrogens (tertiary/aromatic N) is 2. The molecule has 1 aliphatic rings. The zero-order valence-corrected chi connectivity index (χ0v) is 11.6. The molecule has 1 unspecified atom stereocenters. The van der Waals surface area contributed by atoms with Crippen molar-refractivity contribution in [3.63, 3.8) is 0 Å². The van der Waals surface area contributed by atoms with Gasteiger partial charge in [0.25, 0.3) is 0 Å². The molecule has 0 amide bonds. The van der Waals surface area contributed by atoms with Crippen molar-refractivity contribution in [2.45, 2.75) is 51.6 Å². The second kappa shape index (κ2) is 6.29. The van der Waals surface area contributed by atoms with E-state index in [1.807, 2.05) is 0 Å². The van der Waals surface area contributed by atoms with Gasteiger partial charge in [-0.1, -0.05) is 6.92 Å². The predicted molar refractivity (Wildman–Crippen MR) is 71.8 cm³/mol. The van der Waals surface area contributed by atoms with Gasteiger partial charge in [0.1, 0.15) is 0 Å². The van der Waals surface area contributed by atoms with E-state index in [4.69, 9.17) is 5.11 Å². The van der Waals surface area contributed by atoms with Crippen LogP contribution in [0.3, 0.4) is 0 Å². The van der Waals surface area contributed by atoms with Crippen LogP contribution in [0, 0.1) is 0 Å². The maximum Gasteiger partial charge on any atom is 0.304 e. The van der Waals surface area contributed by atoms with Crippen LogP contribution in [-0.4, -0.2) is 33.5 Å². The van der Waals surface area contributed by atoms with E-state index in [1.54, 1.807) is 11.3 Å². The Hall–Kier alpha value is -0.940. The van der Waals surface area contributed by atoms with E-state index in [-0.39, 0.29) is 12.5 Å². The number of hydrogen-bond donors (Lipinski definition) is 1. The van der Waals surface area contributed by atoms with Crippen molar-refractivity contribution < 1.29 is 9.90 Å². The Labute approximate surface area is 112 Å². The van der Waals surface area contributed by atoms with Gasteiger partial charge in [-0.3, -0.25) is 9.69 Å². The summed E-state index contributed by atoms with van der Waals surface area (Å²) in [6, 6.07) is 0.193. The smallest absolute Gasteiger partial charge is 0.304 e. The summed E-state index contributed by atoms with van der Waals surface area (Å²) in [6.07, 6.45) is 4.52. The molecule has 1 N–H and O–H groups in total. The van der Waals surface area contributed by atoms with E-state index >= 15 is 0 Å². The molecule has 1 fully saturated rings. The second-order valence-corrected chi connectivity index (χ2v) is 5.79. The van der Waals surface area contributed by atoms with Gasteiger partial charge in [0.2, 0.25) is 0 Å². The molecule has 0 radical (unpaired) electrons. The molecule has 0 saturated carbocycles. The quantitative estimate of drug-likeness (QED) is 0.861. The van der Waals surface area contributed by atoms with Crippen molar-refractivity contribution in [1.82, 2.24) is 9.88 Å². The molecule has 100 valence electrons. The number of aryl methyl sites for hydroxylation is 1. The number of carbonyl (C=O) groups is 1. The van der Waals surface area contributed by atoms with Gasteiger partial charge in [-0.2, -0.15) is 0 Å². The molecule has 5 heteroatoms. The number of carboxylic acids is 1. The van der Waals surface area contributed by atoms with Crippen molar-refractivity contribution in [3.8, 4) is 0 Å². The molecule has 0 bridgehead atoms. The van der Waals surface area contributed by atoms with Gasteiger partial charge in [0.05, 0.1) is 17.1 Å². The van der Waals surface area contributed by atoms with Crippen molar-refractivity contribution >= 4 is 17.3 Å². The van der Waals surface area contributed by atoms with Gasteiger partial charge < -0.3 is 5.11 Å². The fraction of sp³-hybridized carbons (Fsp3) is 0.692. The van der Waals surface area contributed by atoms with E-state index < -0.39 is 5.97 Å². The fourth-order valence-corrected chi connectivity index (χ4v) is 3.39. The Morgan fingerprint density at radius 3 is 3.22 bits per heavy atom. The molecule has 18 heavy (non-hydrogen) atoms. The number of aliphatic carboxylic acids is 1. The van der Waals surface area contributed by atoms with Crippen LogP contribution in [0.1, 0.15) is 43.3 Å². The molecule has 2 heterocycles. The first-order valence-electron chi connectivity index (χ1n) is 6.58. The Morgan fingerprint density at radius 1 is 1.67 bits per heavy atom. The van der Waals surface area contributed by atoms with E-state index in [0.717, 1.165) is 44.5 Å². The molecule has 1 saturated heterocycles. The molecule has 4 nitrogen and oxygen atoms in total. The predicted octanol–water partition coefficient (Wildman–Crippen LogP) is 2.53. The van der Waals surface area contributed by atoms with Crippen LogP contribution in [-0.2, 0) is 17.8 Å². The monoisotopic (exact) mass is 268 g/mol. The summed E-state index contributed by atoms with van der Waals surface area (Å²) in [5.74, 6) is -0.697. The zero-order chi connectivity index (χ0) is 13.0. The lowest BCUT2D eigenvalue weighted by Crippen LogP contribution is -2.30. The lowest BCUT2D eigenvalue weighted by atomic mass is 10.1. The first kappa shape index (κ1) is 13.5. The third-order valence-electron chi connectivity index (χ3n) is 3.34. The second-order valence-electron chi connectivity index (χ2n) is 4.85. The molecule has 1 aliphatic heterocycles. The summed E-state index contributed by atoms with van der Waals surface area (Å²) in [5, 5.41) is 12.2. The Bertz CT molecular complexity index is 405. The van der Waals surface area contributed by atoms with Gasteiger partial charge >= 0.3 is 5.97 Å². The van der Waals surface area contributed by atoms with Gasteiger partial charge in [-0.05, 0) is 32.2 Å². The molecule has 1 aromatic rings. The molecule has 1 aromatic heterocycles. The van der Waals surface area contributed by atoms with Crippen LogP contribution >= 0.6 is 11.3 Å². The highest BCUT2D eigenvalue weighted by Gasteiger charge is 2.26. The maximum absolute atomic E-state index is 10.8. The van der Waals surface area contributed by atoms with Crippen LogP contribution in [0.2, 0.25) is 0 Å². The zero-order valence-electron chi connectivity index (χ0n) is 10.8. The maximum atomic E-state index is 10.8. The van der Waals surface area contributed by atoms with Gasteiger partial charge in [0.15, 0.2) is 0 Å². The van der Waals surface area contributed by atoms with Gasteiger partial charge in [-0.15, -0.1) is 11.3 Å². The summed E-state index contributed by atoms with van der Waals surface area (Å²) in [4.78, 5) is 17.7. The minimum atomic E-state index is -0.697. The van der Waals surface area contributed by atoms with Crippen molar-refractivity contribution in [2.24, 2.45) is 0 Å². The number of thiazole rings is 1. The van der Waals surface area contributed by atoms with E-state index in [2.05, 4.69) is 22.2 Å².